The fourth-order valence-electron chi connectivity index (χ4n) is 3.84. The van der Waals surface area contributed by atoms with Crippen molar-refractivity contribution >= 4 is 34.4 Å². The molecule has 1 fully saturated rings. The molecule has 2 heterocycles. The van der Waals surface area contributed by atoms with Gasteiger partial charge in [-0.05, 0) is 36.8 Å². The predicted molar refractivity (Wildman–Crippen MR) is 112 cm³/mol. The van der Waals surface area contributed by atoms with E-state index in [4.69, 9.17) is 0 Å². The van der Waals surface area contributed by atoms with Crippen LogP contribution in [0.2, 0.25) is 0 Å². The highest BCUT2D eigenvalue weighted by Crippen LogP contribution is 2.34. The van der Waals surface area contributed by atoms with Crippen LogP contribution in [0.3, 0.4) is 0 Å². The smallest absolute Gasteiger partial charge is 0.257 e. The summed E-state index contributed by atoms with van der Waals surface area (Å²) in [4.78, 5) is 27.4. The molecule has 2 N–H and O–H groups in total. The molecule has 2 amide bonds. The van der Waals surface area contributed by atoms with Gasteiger partial charge in [0.05, 0.1) is 11.3 Å². The van der Waals surface area contributed by atoms with Crippen molar-refractivity contribution in [1.82, 2.24) is 4.90 Å². The number of rotatable bonds is 3. The number of amides is 2. The molecule has 0 radical (unpaired) electrons. The molecule has 6 nitrogen and oxygen atoms in total. The molecule has 2 aliphatic heterocycles. The fraction of sp³-hybridized carbons (Fsp3) is 0.273. The summed E-state index contributed by atoms with van der Waals surface area (Å²) in [6, 6.07) is 10.7. The van der Waals surface area contributed by atoms with Crippen LogP contribution in [0.4, 0.5) is 21.5 Å². The average molecular weight is 394 g/mol. The van der Waals surface area contributed by atoms with E-state index in [2.05, 4.69) is 10.6 Å². The zero-order chi connectivity index (χ0) is 20.5. The van der Waals surface area contributed by atoms with E-state index in [0.717, 1.165) is 16.8 Å². The number of nitrogens with one attached hydrogen (secondary N) is 2. The molecule has 2 aromatic carbocycles. The molecule has 0 aromatic heterocycles. The first kappa shape index (κ1) is 19.0. The molecule has 2 aromatic rings. The second kappa shape index (κ2) is 7.58. The van der Waals surface area contributed by atoms with Crippen molar-refractivity contribution in [1.29, 1.82) is 0 Å². The first-order valence-corrected chi connectivity index (χ1v) is 9.62. The van der Waals surface area contributed by atoms with Crippen molar-refractivity contribution in [3.8, 4) is 0 Å². The van der Waals surface area contributed by atoms with Gasteiger partial charge in [0.1, 0.15) is 5.82 Å². The van der Waals surface area contributed by atoms with E-state index < -0.39 is 0 Å². The van der Waals surface area contributed by atoms with Gasteiger partial charge in [-0.15, -0.1) is 0 Å². The van der Waals surface area contributed by atoms with Crippen molar-refractivity contribution in [3.63, 3.8) is 0 Å². The molecular formula is C22H23FN4O2. The topological polar surface area (TPSA) is 64.7 Å². The Morgan fingerprint density at radius 3 is 2.62 bits per heavy atom. The van der Waals surface area contributed by atoms with Gasteiger partial charge in [0.15, 0.2) is 0 Å². The molecule has 0 spiro atoms. The lowest BCUT2D eigenvalue weighted by Crippen LogP contribution is -2.48. The molecule has 0 unspecified atom stereocenters. The molecule has 0 atom stereocenters. The summed E-state index contributed by atoms with van der Waals surface area (Å²) in [5, 5.41) is 5.89. The van der Waals surface area contributed by atoms with Crippen molar-refractivity contribution in [3.05, 3.63) is 59.5 Å². The largest absolute Gasteiger partial charge is 0.366 e. The number of fused-ring (bicyclic) bond motifs is 1. The van der Waals surface area contributed by atoms with Crippen LogP contribution in [0.5, 0.6) is 0 Å². The fourth-order valence-corrected chi connectivity index (χ4v) is 3.84. The Morgan fingerprint density at radius 1 is 1.17 bits per heavy atom. The molecule has 0 saturated carbocycles. The Labute approximate surface area is 169 Å². The molecule has 150 valence electrons. The van der Waals surface area contributed by atoms with Gasteiger partial charge < -0.3 is 20.4 Å². The first-order valence-electron chi connectivity index (χ1n) is 9.62. The second-order valence-corrected chi connectivity index (χ2v) is 7.31. The van der Waals surface area contributed by atoms with Gasteiger partial charge in [-0.25, -0.2) is 4.39 Å². The number of carbonyl (C=O) groups excluding carboxylic acids is 2. The van der Waals surface area contributed by atoms with Gasteiger partial charge in [-0.3, -0.25) is 9.59 Å². The summed E-state index contributed by atoms with van der Waals surface area (Å²) in [5.41, 5.74) is 4.27. The molecule has 4 rings (SSSR count). The third-order valence-electron chi connectivity index (χ3n) is 5.43. The van der Waals surface area contributed by atoms with Crippen LogP contribution in [-0.2, 0) is 9.59 Å². The van der Waals surface area contributed by atoms with Gasteiger partial charge in [0, 0.05) is 56.2 Å². The van der Waals surface area contributed by atoms with E-state index in [0.29, 0.717) is 43.1 Å². The van der Waals surface area contributed by atoms with Crippen LogP contribution in [0.25, 0.3) is 5.57 Å². The third-order valence-corrected chi connectivity index (χ3v) is 5.43. The Kier molecular flexibility index (Phi) is 4.96. The van der Waals surface area contributed by atoms with Crippen LogP contribution in [0.15, 0.2) is 42.6 Å². The summed E-state index contributed by atoms with van der Waals surface area (Å²) in [6.45, 7) is 5.89. The van der Waals surface area contributed by atoms with Gasteiger partial charge in [-0.2, -0.15) is 0 Å². The maximum absolute atomic E-state index is 14.7. The minimum absolute atomic E-state index is 0.0467. The van der Waals surface area contributed by atoms with E-state index in [1.807, 2.05) is 30.0 Å². The highest BCUT2D eigenvalue weighted by Gasteiger charge is 2.25. The van der Waals surface area contributed by atoms with Crippen molar-refractivity contribution in [2.45, 2.75) is 13.8 Å². The lowest BCUT2D eigenvalue weighted by atomic mass is 10.0. The number of nitrogens with zero attached hydrogens (tertiary/aromatic N) is 2. The summed E-state index contributed by atoms with van der Waals surface area (Å²) in [6.07, 6.45) is 1.62. The number of hydrogen-bond acceptors (Lipinski definition) is 4. The molecule has 0 aliphatic carbocycles. The predicted octanol–water partition coefficient (Wildman–Crippen LogP) is 3.21. The Balaban J connectivity index is 1.49. The first-order chi connectivity index (χ1) is 13.9. The summed E-state index contributed by atoms with van der Waals surface area (Å²) in [7, 11) is 0. The number of benzene rings is 2. The molecule has 2 aliphatic rings. The Morgan fingerprint density at radius 2 is 1.93 bits per heavy atom. The quantitative estimate of drug-likeness (QED) is 0.785. The van der Waals surface area contributed by atoms with Crippen molar-refractivity contribution in [2.75, 3.05) is 41.7 Å². The zero-order valence-electron chi connectivity index (χ0n) is 16.5. The van der Waals surface area contributed by atoms with Crippen LogP contribution >= 0.6 is 0 Å². The number of halogens is 1. The van der Waals surface area contributed by atoms with E-state index in [9.17, 15) is 14.0 Å². The van der Waals surface area contributed by atoms with Crippen LogP contribution < -0.4 is 15.5 Å². The average Bonchev–Trinajstić information content (AvgIpc) is 3.03. The molecule has 0 bridgehead atoms. The Hall–Kier alpha value is -3.35. The van der Waals surface area contributed by atoms with Gasteiger partial charge >= 0.3 is 0 Å². The van der Waals surface area contributed by atoms with Crippen LogP contribution in [0.1, 0.15) is 18.1 Å². The van der Waals surface area contributed by atoms with Crippen LogP contribution in [0, 0.1) is 12.7 Å². The molecule has 1 saturated heterocycles. The van der Waals surface area contributed by atoms with E-state index in [1.54, 1.807) is 30.2 Å². The van der Waals surface area contributed by atoms with Crippen molar-refractivity contribution < 1.29 is 14.0 Å². The number of aryl methyl sites for hydroxylation is 1. The maximum Gasteiger partial charge on any atom is 0.257 e. The molecule has 29 heavy (non-hydrogen) atoms. The van der Waals surface area contributed by atoms with E-state index >= 15 is 0 Å². The maximum atomic E-state index is 14.7. The molecular weight excluding hydrogens is 371 g/mol. The Bertz CT molecular complexity index is 1010. The normalized spacial score (nSPS) is 17.3. The van der Waals surface area contributed by atoms with E-state index in [1.165, 1.54) is 6.07 Å². The highest BCUT2D eigenvalue weighted by molar-refractivity contribution is 6.32. The van der Waals surface area contributed by atoms with Gasteiger partial charge in [0.2, 0.25) is 5.91 Å². The zero-order valence-corrected chi connectivity index (χ0v) is 16.5. The third kappa shape index (κ3) is 3.68. The van der Waals surface area contributed by atoms with Gasteiger partial charge in [-0.1, -0.05) is 12.1 Å². The number of piperazine rings is 1. The van der Waals surface area contributed by atoms with Crippen LogP contribution in [-0.4, -0.2) is 42.9 Å². The number of carbonyl (C=O) groups is 2. The molecule has 7 heteroatoms. The summed E-state index contributed by atoms with van der Waals surface area (Å²) >= 11 is 0. The van der Waals surface area contributed by atoms with Gasteiger partial charge in [0.25, 0.3) is 5.91 Å². The number of anilines is 3. The van der Waals surface area contributed by atoms with E-state index in [-0.39, 0.29) is 17.6 Å². The minimum atomic E-state index is -0.336. The second-order valence-electron chi connectivity index (χ2n) is 7.31. The van der Waals surface area contributed by atoms with Crippen molar-refractivity contribution in [2.24, 2.45) is 0 Å². The summed E-state index contributed by atoms with van der Waals surface area (Å²) in [5.74, 6) is -0.468. The standard InChI is InChI=1S/C22H23FN4O2/c1-14-4-3-5-19-21(14)17(22(29)25-19)13-24-16-6-7-20(18(23)12-16)27-10-8-26(9-11-27)15(2)28/h3-7,12-13,24H,8-11H2,1-2H3,(H,25,29)/b17-13+. The monoisotopic (exact) mass is 394 g/mol. The highest BCUT2D eigenvalue weighted by atomic mass is 19.1. The lowest BCUT2D eigenvalue weighted by Gasteiger charge is -2.35. The lowest BCUT2D eigenvalue weighted by molar-refractivity contribution is -0.129. The number of hydrogen-bond donors (Lipinski definition) is 2. The summed E-state index contributed by atoms with van der Waals surface area (Å²) < 4.78 is 14.7. The minimum Gasteiger partial charge on any atom is -0.366 e. The SMILES string of the molecule is CC(=O)N1CCN(c2ccc(N/C=C3/C(=O)Nc4cccc(C)c43)cc2F)CC1.